The molecule has 0 aliphatic heterocycles. The standard InChI is InChI=1S/C17H17BrN2/c1-12-5-3-4-6-13(12)7-10-17-19-15-9-8-14(18)11-16(15)20(17)2/h3-6,8-9,11H,7,10H2,1-2H3. The smallest absolute Gasteiger partial charge is 0.109 e. The lowest BCUT2D eigenvalue weighted by Crippen LogP contribution is -2.01. The minimum atomic E-state index is 0.966. The van der Waals surface area contributed by atoms with E-state index < -0.39 is 0 Å². The maximum absolute atomic E-state index is 4.74. The van der Waals surface area contributed by atoms with Gasteiger partial charge in [-0.15, -0.1) is 0 Å². The normalized spacial score (nSPS) is 11.2. The van der Waals surface area contributed by atoms with E-state index in [0.29, 0.717) is 0 Å². The second-order valence-corrected chi connectivity index (χ2v) is 6.06. The van der Waals surface area contributed by atoms with Crippen LogP contribution in [0.1, 0.15) is 17.0 Å². The number of halogens is 1. The first-order valence-corrected chi connectivity index (χ1v) is 7.60. The highest BCUT2D eigenvalue weighted by atomic mass is 79.9. The van der Waals surface area contributed by atoms with Gasteiger partial charge in [-0.2, -0.15) is 0 Å². The molecule has 0 atom stereocenters. The van der Waals surface area contributed by atoms with E-state index in [1.54, 1.807) is 0 Å². The highest BCUT2D eigenvalue weighted by Gasteiger charge is 2.08. The number of hydrogen-bond acceptors (Lipinski definition) is 1. The van der Waals surface area contributed by atoms with E-state index in [0.717, 1.165) is 28.7 Å². The van der Waals surface area contributed by atoms with Gasteiger partial charge in [0.25, 0.3) is 0 Å². The highest BCUT2D eigenvalue weighted by Crippen LogP contribution is 2.21. The van der Waals surface area contributed by atoms with Gasteiger partial charge in [0, 0.05) is 17.9 Å². The largest absolute Gasteiger partial charge is 0.331 e. The van der Waals surface area contributed by atoms with Gasteiger partial charge in [-0.3, -0.25) is 0 Å². The fourth-order valence-electron chi connectivity index (χ4n) is 2.57. The Morgan fingerprint density at radius 2 is 1.90 bits per heavy atom. The first-order valence-electron chi connectivity index (χ1n) is 6.80. The molecule has 0 amide bonds. The van der Waals surface area contributed by atoms with Crippen LogP contribution in [0, 0.1) is 6.92 Å². The molecular weight excluding hydrogens is 312 g/mol. The van der Waals surface area contributed by atoms with Crippen LogP contribution in [0.2, 0.25) is 0 Å². The van der Waals surface area contributed by atoms with E-state index in [2.05, 4.69) is 70.9 Å². The number of benzene rings is 2. The molecule has 1 heterocycles. The van der Waals surface area contributed by atoms with E-state index in [9.17, 15) is 0 Å². The van der Waals surface area contributed by atoms with Gasteiger partial charge >= 0.3 is 0 Å². The molecule has 3 heteroatoms. The first-order chi connectivity index (χ1) is 9.65. The van der Waals surface area contributed by atoms with E-state index in [1.165, 1.54) is 16.6 Å². The SMILES string of the molecule is Cc1ccccc1CCc1nc2ccc(Br)cc2n1C. The summed E-state index contributed by atoms with van der Waals surface area (Å²) in [5, 5.41) is 0. The minimum Gasteiger partial charge on any atom is -0.331 e. The first kappa shape index (κ1) is 13.4. The third kappa shape index (κ3) is 2.50. The van der Waals surface area contributed by atoms with Crippen molar-refractivity contribution >= 4 is 27.0 Å². The lowest BCUT2D eigenvalue weighted by molar-refractivity contribution is 0.784. The maximum Gasteiger partial charge on any atom is 0.109 e. The molecule has 0 aliphatic rings. The predicted molar refractivity (Wildman–Crippen MR) is 87.0 cm³/mol. The van der Waals surface area contributed by atoms with E-state index in [-0.39, 0.29) is 0 Å². The summed E-state index contributed by atoms with van der Waals surface area (Å²) in [7, 11) is 2.09. The van der Waals surface area contributed by atoms with Crippen molar-refractivity contribution in [2.75, 3.05) is 0 Å². The molecule has 0 unspecified atom stereocenters. The van der Waals surface area contributed by atoms with Crippen LogP contribution in [0.4, 0.5) is 0 Å². The maximum atomic E-state index is 4.74. The molecule has 2 aromatic carbocycles. The number of nitrogens with zero attached hydrogens (tertiary/aromatic N) is 2. The average molecular weight is 329 g/mol. The van der Waals surface area contributed by atoms with Gasteiger partial charge in [-0.1, -0.05) is 40.2 Å². The summed E-state index contributed by atoms with van der Waals surface area (Å²) >= 11 is 3.52. The average Bonchev–Trinajstić information content (AvgIpc) is 2.75. The molecular formula is C17H17BrN2. The Bertz CT molecular complexity index is 759. The quantitative estimate of drug-likeness (QED) is 0.695. The van der Waals surface area contributed by atoms with Crippen LogP contribution in [0.25, 0.3) is 11.0 Å². The van der Waals surface area contributed by atoms with Gasteiger partial charge in [-0.25, -0.2) is 4.98 Å². The fraction of sp³-hybridized carbons (Fsp3) is 0.235. The molecule has 0 radical (unpaired) electrons. The van der Waals surface area contributed by atoms with Crippen LogP contribution in [0.3, 0.4) is 0 Å². The van der Waals surface area contributed by atoms with Crippen molar-refractivity contribution in [2.45, 2.75) is 19.8 Å². The van der Waals surface area contributed by atoms with Gasteiger partial charge in [0.1, 0.15) is 5.82 Å². The second-order valence-electron chi connectivity index (χ2n) is 5.15. The molecule has 0 spiro atoms. The molecule has 0 aliphatic carbocycles. The lowest BCUT2D eigenvalue weighted by atomic mass is 10.0. The summed E-state index contributed by atoms with van der Waals surface area (Å²) in [5.74, 6) is 1.14. The number of aromatic nitrogens is 2. The highest BCUT2D eigenvalue weighted by molar-refractivity contribution is 9.10. The van der Waals surface area contributed by atoms with Crippen LogP contribution >= 0.6 is 15.9 Å². The molecule has 3 aromatic rings. The van der Waals surface area contributed by atoms with Crippen LogP contribution in [-0.2, 0) is 19.9 Å². The molecule has 3 rings (SSSR count). The molecule has 20 heavy (non-hydrogen) atoms. The molecule has 0 fully saturated rings. The summed E-state index contributed by atoms with van der Waals surface area (Å²) in [6, 6.07) is 14.8. The number of fused-ring (bicyclic) bond motifs is 1. The van der Waals surface area contributed by atoms with Crippen molar-refractivity contribution < 1.29 is 0 Å². The van der Waals surface area contributed by atoms with Crippen molar-refractivity contribution in [1.82, 2.24) is 9.55 Å². The van der Waals surface area contributed by atoms with Crippen LogP contribution in [-0.4, -0.2) is 9.55 Å². The van der Waals surface area contributed by atoms with Crippen LogP contribution in [0.15, 0.2) is 46.9 Å². The zero-order valence-corrected chi connectivity index (χ0v) is 13.3. The van der Waals surface area contributed by atoms with Crippen molar-refractivity contribution in [3.8, 4) is 0 Å². The van der Waals surface area contributed by atoms with Crippen LogP contribution < -0.4 is 0 Å². The molecule has 2 nitrogen and oxygen atoms in total. The summed E-state index contributed by atoms with van der Waals surface area (Å²) in [5.41, 5.74) is 5.00. The van der Waals surface area contributed by atoms with Gasteiger partial charge in [0.05, 0.1) is 11.0 Å². The lowest BCUT2D eigenvalue weighted by Gasteiger charge is -2.05. The molecule has 0 saturated heterocycles. The molecule has 0 bridgehead atoms. The Morgan fingerprint density at radius 1 is 1.10 bits per heavy atom. The van der Waals surface area contributed by atoms with Gasteiger partial charge in [0.15, 0.2) is 0 Å². The second kappa shape index (κ2) is 5.41. The predicted octanol–water partition coefficient (Wildman–Crippen LogP) is 4.43. The third-order valence-electron chi connectivity index (χ3n) is 3.81. The molecule has 0 N–H and O–H groups in total. The van der Waals surface area contributed by atoms with E-state index >= 15 is 0 Å². The zero-order valence-electron chi connectivity index (χ0n) is 11.7. The number of hydrogen-bond donors (Lipinski definition) is 0. The van der Waals surface area contributed by atoms with E-state index in [1.807, 2.05) is 6.07 Å². The van der Waals surface area contributed by atoms with Crippen LogP contribution in [0.5, 0.6) is 0 Å². The monoisotopic (exact) mass is 328 g/mol. The number of rotatable bonds is 3. The van der Waals surface area contributed by atoms with Crippen molar-refractivity contribution in [3.63, 3.8) is 0 Å². The summed E-state index contributed by atoms with van der Waals surface area (Å²) in [6.07, 6.45) is 2.00. The Balaban J connectivity index is 1.88. The minimum absolute atomic E-state index is 0.966. The summed E-state index contributed by atoms with van der Waals surface area (Å²) in [6.45, 7) is 2.17. The van der Waals surface area contributed by atoms with Crippen molar-refractivity contribution in [2.24, 2.45) is 7.05 Å². The van der Waals surface area contributed by atoms with Crippen molar-refractivity contribution in [3.05, 3.63) is 63.9 Å². The summed E-state index contributed by atoms with van der Waals surface area (Å²) < 4.78 is 3.29. The molecule has 0 saturated carbocycles. The van der Waals surface area contributed by atoms with E-state index in [4.69, 9.17) is 4.98 Å². The molecule has 102 valence electrons. The Morgan fingerprint density at radius 3 is 2.70 bits per heavy atom. The van der Waals surface area contributed by atoms with Gasteiger partial charge < -0.3 is 4.57 Å². The number of aryl methyl sites for hydroxylation is 4. The van der Waals surface area contributed by atoms with Crippen molar-refractivity contribution in [1.29, 1.82) is 0 Å². The Kier molecular flexibility index (Phi) is 3.62. The van der Waals surface area contributed by atoms with Gasteiger partial charge in [0.2, 0.25) is 0 Å². The third-order valence-corrected chi connectivity index (χ3v) is 4.31. The molecule has 1 aromatic heterocycles. The topological polar surface area (TPSA) is 17.8 Å². The van der Waals surface area contributed by atoms with Gasteiger partial charge in [-0.05, 0) is 42.7 Å². The Hall–Kier alpha value is -1.61. The summed E-state index contributed by atoms with van der Waals surface area (Å²) in [4.78, 5) is 4.74. The fourth-order valence-corrected chi connectivity index (χ4v) is 2.92. The Labute approximate surface area is 127 Å². The zero-order chi connectivity index (χ0) is 14.1. The number of imidazole rings is 1.